The van der Waals surface area contributed by atoms with Crippen molar-refractivity contribution in [1.29, 1.82) is 0 Å². The Balaban J connectivity index is 1.35. The third-order valence-corrected chi connectivity index (χ3v) is 6.41. The molecule has 3 heterocycles. The van der Waals surface area contributed by atoms with Crippen LogP contribution in [0.5, 0.6) is 0 Å². The molecule has 0 radical (unpaired) electrons. The largest absolute Gasteiger partial charge is 0.381 e. The Kier molecular flexibility index (Phi) is 5.51. The third-order valence-electron chi connectivity index (χ3n) is 6.41. The minimum atomic E-state index is -0.129. The summed E-state index contributed by atoms with van der Waals surface area (Å²) in [6.07, 6.45) is 7.19. The minimum Gasteiger partial charge on any atom is -0.381 e. The molecule has 5 rings (SSSR count). The Labute approximate surface area is 181 Å². The molecule has 3 aromatic rings. The molecule has 1 saturated heterocycles. The van der Waals surface area contributed by atoms with E-state index in [9.17, 15) is 4.79 Å². The van der Waals surface area contributed by atoms with Gasteiger partial charge in [0, 0.05) is 37.9 Å². The molecule has 7 heteroatoms. The lowest BCUT2D eigenvalue weighted by molar-refractivity contribution is 0.0843. The third kappa shape index (κ3) is 4.23. The first kappa shape index (κ1) is 19.9. The van der Waals surface area contributed by atoms with E-state index in [-0.39, 0.29) is 17.9 Å². The fourth-order valence-electron chi connectivity index (χ4n) is 4.46. The summed E-state index contributed by atoms with van der Waals surface area (Å²) in [4.78, 5) is 26.7. The molecule has 0 bridgehead atoms. The number of carbonyl (C=O) groups is 1. The number of aryl methyl sites for hydroxylation is 1. The molecule has 7 nitrogen and oxygen atoms in total. The Hall–Kier alpha value is -3.06. The second-order valence-corrected chi connectivity index (χ2v) is 8.53. The molecule has 0 unspecified atom stereocenters. The van der Waals surface area contributed by atoms with Crippen LogP contribution in [0.2, 0.25) is 0 Å². The molecule has 1 aliphatic carbocycles. The van der Waals surface area contributed by atoms with Gasteiger partial charge in [0.2, 0.25) is 0 Å². The first-order chi connectivity index (χ1) is 15.2. The predicted octanol–water partition coefficient (Wildman–Crippen LogP) is 3.45. The number of nitrogens with one attached hydrogen (secondary N) is 1. The SMILES string of the molecule is Cn1cncc1-c1nc(C(=O)NC2CC(c3ccccc3)C2)cc(C2CCOCC2)n1. The number of nitrogens with zero attached hydrogens (tertiary/aromatic N) is 4. The van der Waals surface area contributed by atoms with Gasteiger partial charge in [-0.3, -0.25) is 4.79 Å². The van der Waals surface area contributed by atoms with Crippen molar-refractivity contribution in [2.24, 2.45) is 7.05 Å². The maximum absolute atomic E-state index is 13.1. The summed E-state index contributed by atoms with van der Waals surface area (Å²) in [5.41, 5.74) is 3.48. The van der Waals surface area contributed by atoms with Gasteiger partial charge in [0.15, 0.2) is 5.82 Å². The highest BCUT2D eigenvalue weighted by molar-refractivity contribution is 5.93. The molecule has 1 saturated carbocycles. The summed E-state index contributed by atoms with van der Waals surface area (Å²) < 4.78 is 7.38. The van der Waals surface area contributed by atoms with Gasteiger partial charge in [-0.2, -0.15) is 0 Å². The Bertz CT molecular complexity index is 1050. The van der Waals surface area contributed by atoms with Gasteiger partial charge in [-0.1, -0.05) is 30.3 Å². The molecule has 0 atom stereocenters. The number of rotatable bonds is 5. The molecular weight excluding hydrogens is 390 g/mol. The number of hydrogen-bond acceptors (Lipinski definition) is 5. The van der Waals surface area contributed by atoms with E-state index in [2.05, 4.69) is 39.6 Å². The van der Waals surface area contributed by atoms with Crippen LogP contribution in [-0.2, 0) is 11.8 Å². The van der Waals surface area contributed by atoms with E-state index in [0.717, 1.165) is 50.3 Å². The summed E-state index contributed by atoms with van der Waals surface area (Å²) in [7, 11) is 1.91. The number of amides is 1. The number of ether oxygens (including phenoxy) is 1. The van der Waals surface area contributed by atoms with Gasteiger partial charge in [-0.25, -0.2) is 15.0 Å². The molecular formula is C24H27N5O2. The topological polar surface area (TPSA) is 81.9 Å². The van der Waals surface area contributed by atoms with E-state index in [1.807, 2.05) is 23.7 Å². The van der Waals surface area contributed by atoms with E-state index in [1.165, 1.54) is 5.56 Å². The van der Waals surface area contributed by atoms with Crippen molar-refractivity contribution in [3.8, 4) is 11.5 Å². The smallest absolute Gasteiger partial charge is 0.270 e. The zero-order valence-electron chi connectivity index (χ0n) is 17.7. The fourth-order valence-corrected chi connectivity index (χ4v) is 4.46. The number of hydrogen-bond donors (Lipinski definition) is 1. The maximum atomic E-state index is 13.1. The van der Waals surface area contributed by atoms with Crippen molar-refractivity contribution >= 4 is 5.91 Å². The van der Waals surface area contributed by atoms with Crippen LogP contribution in [0.25, 0.3) is 11.5 Å². The van der Waals surface area contributed by atoms with Crippen molar-refractivity contribution in [2.75, 3.05) is 13.2 Å². The fraction of sp³-hybridized carbons (Fsp3) is 0.417. The standard InChI is InChI=1S/C24H27N5O2/c1-29-15-25-14-22(29)23-27-20(17-7-9-31-10-8-17)13-21(28-23)24(30)26-19-11-18(12-19)16-5-3-2-4-6-16/h2-6,13-15,17-19H,7-12H2,1H3,(H,26,30). The van der Waals surface area contributed by atoms with Gasteiger partial charge in [0.05, 0.1) is 12.5 Å². The molecule has 2 fully saturated rings. The van der Waals surface area contributed by atoms with Crippen LogP contribution >= 0.6 is 0 Å². The van der Waals surface area contributed by atoms with Crippen LogP contribution in [-0.4, -0.2) is 44.7 Å². The summed E-state index contributed by atoms with van der Waals surface area (Å²) in [5, 5.41) is 3.17. The van der Waals surface area contributed by atoms with Crippen LogP contribution in [0.3, 0.4) is 0 Å². The van der Waals surface area contributed by atoms with Crippen molar-refractivity contribution in [1.82, 2.24) is 24.8 Å². The van der Waals surface area contributed by atoms with E-state index < -0.39 is 0 Å². The Morgan fingerprint density at radius 3 is 2.58 bits per heavy atom. The second kappa shape index (κ2) is 8.59. The highest BCUT2D eigenvalue weighted by atomic mass is 16.5. The molecule has 160 valence electrons. The average Bonchev–Trinajstić information content (AvgIpc) is 3.22. The van der Waals surface area contributed by atoms with Crippen LogP contribution in [0.1, 0.15) is 59.3 Å². The Morgan fingerprint density at radius 2 is 1.87 bits per heavy atom. The molecule has 0 spiro atoms. The van der Waals surface area contributed by atoms with Crippen LogP contribution < -0.4 is 5.32 Å². The monoisotopic (exact) mass is 417 g/mol. The number of carbonyl (C=O) groups excluding carboxylic acids is 1. The van der Waals surface area contributed by atoms with Crippen molar-refractivity contribution < 1.29 is 9.53 Å². The minimum absolute atomic E-state index is 0.129. The number of benzene rings is 1. The average molecular weight is 418 g/mol. The van der Waals surface area contributed by atoms with Crippen molar-refractivity contribution in [3.63, 3.8) is 0 Å². The van der Waals surface area contributed by atoms with Crippen LogP contribution in [0, 0.1) is 0 Å². The van der Waals surface area contributed by atoms with Gasteiger partial charge >= 0.3 is 0 Å². The van der Waals surface area contributed by atoms with Crippen LogP contribution in [0.15, 0.2) is 48.9 Å². The summed E-state index contributed by atoms with van der Waals surface area (Å²) in [6.45, 7) is 1.44. The highest BCUT2D eigenvalue weighted by Crippen LogP contribution is 2.37. The summed E-state index contributed by atoms with van der Waals surface area (Å²) >= 11 is 0. The lowest BCUT2D eigenvalue weighted by Crippen LogP contribution is -2.43. The first-order valence-corrected chi connectivity index (χ1v) is 11.0. The Morgan fingerprint density at radius 1 is 1.10 bits per heavy atom. The second-order valence-electron chi connectivity index (χ2n) is 8.53. The van der Waals surface area contributed by atoms with E-state index in [4.69, 9.17) is 9.72 Å². The molecule has 31 heavy (non-hydrogen) atoms. The van der Waals surface area contributed by atoms with Crippen molar-refractivity contribution in [2.45, 2.75) is 43.6 Å². The quantitative estimate of drug-likeness (QED) is 0.688. The number of imidazole rings is 1. The molecule has 2 aliphatic rings. The number of aromatic nitrogens is 4. The molecule has 1 aliphatic heterocycles. The maximum Gasteiger partial charge on any atom is 0.270 e. The molecule has 2 aromatic heterocycles. The summed E-state index contributed by atoms with van der Waals surface area (Å²) in [5.74, 6) is 1.21. The zero-order valence-corrected chi connectivity index (χ0v) is 17.7. The normalized spacial score (nSPS) is 21.5. The van der Waals surface area contributed by atoms with Crippen LogP contribution in [0.4, 0.5) is 0 Å². The zero-order chi connectivity index (χ0) is 21.2. The molecule has 1 amide bonds. The first-order valence-electron chi connectivity index (χ1n) is 11.0. The highest BCUT2D eigenvalue weighted by Gasteiger charge is 2.32. The van der Waals surface area contributed by atoms with Crippen molar-refractivity contribution in [3.05, 3.63) is 65.9 Å². The van der Waals surface area contributed by atoms with Gasteiger partial charge in [-0.05, 0) is 43.2 Å². The van der Waals surface area contributed by atoms with E-state index >= 15 is 0 Å². The predicted molar refractivity (Wildman–Crippen MR) is 117 cm³/mol. The molecule has 1 N–H and O–H groups in total. The van der Waals surface area contributed by atoms with Gasteiger partial charge in [-0.15, -0.1) is 0 Å². The lowest BCUT2D eigenvalue weighted by Gasteiger charge is -2.36. The van der Waals surface area contributed by atoms with Gasteiger partial charge in [0.1, 0.15) is 11.4 Å². The van der Waals surface area contributed by atoms with Gasteiger partial charge in [0.25, 0.3) is 5.91 Å². The van der Waals surface area contributed by atoms with E-state index in [1.54, 1.807) is 12.5 Å². The van der Waals surface area contributed by atoms with Gasteiger partial charge < -0.3 is 14.6 Å². The lowest BCUT2D eigenvalue weighted by atomic mass is 9.76. The molecule has 1 aromatic carbocycles. The van der Waals surface area contributed by atoms with E-state index in [0.29, 0.717) is 17.4 Å². The summed E-state index contributed by atoms with van der Waals surface area (Å²) in [6, 6.07) is 12.5.